The highest BCUT2D eigenvalue weighted by Gasteiger charge is 2.69. The molecule has 0 aromatic rings. The second-order valence-corrected chi connectivity index (χ2v) is 9.03. The summed E-state index contributed by atoms with van der Waals surface area (Å²) < 4.78 is 37.1. The van der Waals surface area contributed by atoms with Gasteiger partial charge in [-0.3, -0.25) is 19.2 Å². The standard InChI is InChI=1S/C19H27F3N4O5.CH4/c1-18(2)11-7-26(12(28)6-24-17(31)19(20,21)22)14(13(11)18)16(30)25-10(8-27)5-9-3-4-23-15(9)29;/h9-11,13-14,27H,3-8H2,1-2H3,(H,23,29)(H,24,31)(H,25,30);1H4/t9-,10-,11?,13?,14-;/m0./s1. The largest absolute Gasteiger partial charge is 0.471 e. The third-order valence-corrected chi connectivity index (χ3v) is 6.75. The van der Waals surface area contributed by atoms with E-state index in [9.17, 15) is 37.5 Å². The fourth-order valence-electron chi connectivity index (χ4n) is 4.88. The number of fused-ring (bicyclic) bond motifs is 1. The molecule has 2 unspecified atom stereocenters. The Balaban J connectivity index is 0.00000363. The van der Waals surface area contributed by atoms with Crippen molar-refractivity contribution in [2.75, 3.05) is 26.2 Å². The molecule has 1 aliphatic carbocycles. The minimum atomic E-state index is -5.10. The van der Waals surface area contributed by atoms with Crippen LogP contribution in [0.25, 0.3) is 0 Å². The van der Waals surface area contributed by atoms with E-state index in [0.29, 0.717) is 13.0 Å². The lowest BCUT2D eigenvalue weighted by Crippen LogP contribution is -2.55. The molecular weight excluding hydrogens is 433 g/mol. The molecule has 0 spiro atoms. The van der Waals surface area contributed by atoms with Crippen molar-refractivity contribution in [3.05, 3.63) is 0 Å². The van der Waals surface area contributed by atoms with Crippen molar-refractivity contribution in [1.82, 2.24) is 20.9 Å². The van der Waals surface area contributed by atoms with Crippen molar-refractivity contribution in [3.8, 4) is 0 Å². The molecule has 0 radical (unpaired) electrons. The quantitative estimate of drug-likeness (QED) is 0.415. The lowest BCUT2D eigenvalue weighted by molar-refractivity contribution is -0.174. The molecule has 0 bridgehead atoms. The van der Waals surface area contributed by atoms with Crippen molar-refractivity contribution < 1.29 is 37.5 Å². The fourth-order valence-corrected chi connectivity index (χ4v) is 4.88. The van der Waals surface area contributed by atoms with E-state index in [1.807, 2.05) is 13.8 Å². The number of nitrogens with one attached hydrogen (secondary N) is 3. The van der Waals surface area contributed by atoms with Crippen LogP contribution in [0.2, 0.25) is 0 Å². The van der Waals surface area contributed by atoms with E-state index < -0.39 is 49.1 Å². The van der Waals surface area contributed by atoms with E-state index in [1.54, 1.807) is 5.32 Å². The summed E-state index contributed by atoms with van der Waals surface area (Å²) in [6.07, 6.45) is -4.27. The van der Waals surface area contributed by atoms with Gasteiger partial charge in [0.05, 0.1) is 19.2 Å². The first kappa shape index (κ1) is 25.9. The Morgan fingerprint density at radius 3 is 2.50 bits per heavy atom. The average molecular weight is 464 g/mol. The van der Waals surface area contributed by atoms with Crippen LogP contribution in [0, 0.1) is 23.2 Å². The van der Waals surface area contributed by atoms with Crippen LogP contribution in [0.5, 0.6) is 0 Å². The summed E-state index contributed by atoms with van der Waals surface area (Å²) in [7, 11) is 0. The number of rotatable bonds is 7. The molecule has 2 heterocycles. The molecule has 4 amide bonds. The van der Waals surface area contributed by atoms with E-state index in [2.05, 4.69) is 10.6 Å². The van der Waals surface area contributed by atoms with Crippen LogP contribution in [0.15, 0.2) is 0 Å². The number of halogens is 3. The van der Waals surface area contributed by atoms with Gasteiger partial charge in [-0.15, -0.1) is 0 Å². The monoisotopic (exact) mass is 464 g/mol. The van der Waals surface area contributed by atoms with Crippen molar-refractivity contribution in [2.45, 2.75) is 52.4 Å². The Bertz CT molecular complexity index is 773. The normalized spacial score (nSPS) is 28.8. The summed E-state index contributed by atoms with van der Waals surface area (Å²) >= 11 is 0. The van der Waals surface area contributed by atoms with Crippen molar-refractivity contribution in [1.29, 1.82) is 0 Å². The van der Waals surface area contributed by atoms with Gasteiger partial charge in [0, 0.05) is 19.0 Å². The number of aliphatic hydroxyl groups excluding tert-OH is 1. The predicted octanol–water partition coefficient (Wildman–Crippen LogP) is -0.213. The maximum Gasteiger partial charge on any atom is 0.471 e. The Kier molecular flexibility index (Phi) is 7.48. The molecule has 4 N–H and O–H groups in total. The average Bonchev–Trinajstić information content (AvgIpc) is 3.05. The predicted molar refractivity (Wildman–Crippen MR) is 107 cm³/mol. The minimum Gasteiger partial charge on any atom is -0.394 e. The third kappa shape index (κ3) is 5.00. The van der Waals surface area contributed by atoms with Gasteiger partial charge >= 0.3 is 12.1 Å². The molecule has 12 heteroatoms. The van der Waals surface area contributed by atoms with E-state index in [0.717, 1.165) is 0 Å². The van der Waals surface area contributed by atoms with E-state index >= 15 is 0 Å². The first-order valence-electron chi connectivity index (χ1n) is 10.2. The molecule has 0 aromatic carbocycles. The van der Waals surface area contributed by atoms with Gasteiger partial charge in [0.25, 0.3) is 0 Å². The van der Waals surface area contributed by atoms with E-state index in [-0.39, 0.29) is 49.5 Å². The highest BCUT2D eigenvalue weighted by Crippen LogP contribution is 2.64. The molecule has 32 heavy (non-hydrogen) atoms. The van der Waals surface area contributed by atoms with Crippen LogP contribution in [0.1, 0.15) is 34.1 Å². The van der Waals surface area contributed by atoms with Crippen LogP contribution in [0.4, 0.5) is 13.2 Å². The van der Waals surface area contributed by atoms with Crippen LogP contribution >= 0.6 is 0 Å². The van der Waals surface area contributed by atoms with E-state index in [1.165, 1.54) is 4.90 Å². The maximum atomic E-state index is 13.0. The summed E-state index contributed by atoms with van der Waals surface area (Å²) in [4.78, 5) is 49.5. The van der Waals surface area contributed by atoms with Gasteiger partial charge in [-0.05, 0) is 30.1 Å². The number of alkyl halides is 3. The van der Waals surface area contributed by atoms with Gasteiger partial charge in [-0.1, -0.05) is 21.3 Å². The molecule has 9 nitrogen and oxygen atoms in total. The number of piperidine rings is 1. The lowest BCUT2D eigenvalue weighted by Gasteiger charge is -2.31. The van der Waals surface area contributed by atoms with Gasteiger partial charge in [0.2, 0.25) is 17.7 Å². The molecule has 3 rings (SSSR count). The SMILES string of the molecule is C.CC1(C)C2CN(C(=O)CNC(=O)C(F)(F)F)[C@H](C(=O)N[C@H](CO)C[C@@H]3CCNC3=O)C21. The highest BCUT2D eigenvalue weighted by molar-refractivity contribution is 5.92. The molecule has 1 saturated carbocycles. The zero-order chi connectivity index (χ0) is 23.1. The van der Waals surface area contributed by atoms with Gasteiger partial charge in [0.15, 0.2) is 0 Å². The summed E-state index contributed by atoms with van der Waals surface area (Å²) in [6.45, 7) is 3.36. The van der Waals surface area contributed by atoms with Crippen LogP contribution < -0.4 is 16.0 Å². The summed E-state index contributed by atoms with van der Waals surface area (Å²) in [5.74, 6) is -4.16. The molecular formula is C20H31F3N4O5. The third-order valence-electron chi connectivity index (χ3n) is 6.75. The summed E-state index contributed by atoms with van der Waals surface area (Å²) in [5, 5.41) is 16.6. The Morgan fingerprint density at radius 1 is 1.31 bits per heavy atom. The number of aliphatic hydroxyl groups is 1. The second kappa shape index (κ2) is 9.24. The second-order valence-electron chi connectivity index (χ2n) is 9.03. The molecule has 2 aliphatic heterocycles. The van der Waals surface area contributed by atoms with Crippen molar-refractivity contribution >= 4 is 23.6 Å². The maximum absolute atomic E-state index is 13.0. The number of amides is 4. The smallest absolute Gasteiger partial charge is 0.394 e. The first-order valence-corrected chi connectivity index (χ1v) is 10.2. The Morgan fingerprint density at radius 2 is 1.97 bits per heavy atom. The number of nitrogens with zero attached hydrogens (tertiary/aromatic N) is 1. The number of carbonyl (C=O) groups is 4. The van der Waals surface area contributed by atoms with Gasteiger partial charge in [-0.2, -0.15) is 13.2 Å². The highest BCUT2D eigenvalue weighted by atomic mass is 19.4. The molecule has 182 valence electrons. The molecule has 3 fully saturated rings. The van der Waals surface area contributed by atoms with Crippen LogP contribution in [-0.4, -0.2) is 78.1 Å². The number of carbonyl (C=O) groups excluding carboxylic acids is 4. The Labute approximate surface area is 184 Å². The molecule has 3 aliphatic rings. The zero-order valence-corrected chi connectivity index (χ0v) is 17.3. The van der Waals surface area contributed by atoms with Crippen molar-refractivity contribution in [3.63, 3.8) is 0 Å². The zero-order valence-electron chi connectivity index (χ0n) is 17.3. The molecule has 2 saturated heterocycles. The van der Waals surface area contributed by atoms with Gasteiger partial charge in [-0.25, -0.2) is 0 Å². The van der Waals surface area contributed by atoms with Gasteiger partial charge < -0.3 is 26.0 Å². The Hall–Kier alpha value is -2.37. The number of likely N-dealkylation sites (tertiary alicyclic amines) is 1. The van der Waals surface area contributed by atoms with Crippen LogP contribution in [0.3, 0.4) is 0 Å². The van der Waals surface area contributed by atoms with Gasteiger partial charge in [0.1, 0.15) is 6.04 Å². The molecule has 0 aromatic heterocycles. The number of hydrogen-bond donors (Lipinski definition) is 4. The minimum absolute atomic E-state index is 0. The fraction of sp³-hybridized carbons (Fsp3) is 0.800. The lowest BCUT2D eigenvalue weighted by atomic mass is 9.97. The number of hydrogen-bond acceptors (Lipinski definition) is 5. The summed E-state index contributed by atoms with van der Waals surface area (Å²) in [5.41, 5.74) is -0.214. The van der Waals surface area contributed by atoms with Crippen LogP contribution in [-0.2, 0) is 19.2 Å². The first-order chi connectivity index (χ1) is 14.4. The molecule has 5 atom stereocenters. The van der Waals surface area contributed by atoms with E-state index in [4.69, 9.17) is 0 Å². The summed E-state index contributed by atoms with van der Waals surface area (Å²) in [6, 6.07) is -1.61. The topological polar surface area (TPSA) is 128 Å². The van der Waals surface area contributed by atoms with Crippen molar-refractivity contribution in [2.24, 2.45) is 23.2 Å².